The van der Waals surface area contributed by atoms with Crippen LogP contribution in [0.4, 0.5) is 19.4 Å². The zero-order valence-corrected chi connectivity index (χ0v) is 13.2. The van der Waals surface area contributed by atoms with Crippen LogP contribution in [0.2, 0.25) is 0 Å². The number of carbonyl (C=O) groups excluding carboxylic acids is 1. The van der Waals surface area contributed by atoms with Crippen LogP contribution in [-0.4, -0.2) is 18.3 Å². The average molecular weight is 350 g/mol. The van der Waals surface area contributed by atoms with Crippen molar-refractivity contribution in [2.45, 2.75) is 19.1 Å². The van der Waals surface area contributed by atoms with E-state index in [1.54, 1.807) is 0 Å². The summed E-state index contributed by atoms with van der Waals surface area (Å²) < 4.78 is 69.4. The summed E-state index contributed by atoms with van der Waals surface area (Å²) in [4.78, 5) is 10.9. The van der Waals surface area contributed by atoms with Crippen LogP contribution < -0.4 is 0 Å². The van der Waals surface area contributed by atoms with E-state index in [1.807, 2.05) is 0 Å². The molecule has 0 radical (unpaired) electrons. The third-order valence-electron chi connectivity index (χ3n) is 3.03. The van der Waals surface area contributed by atoms with Crippen LogP contribution in [0.3, 0.4) is 0 Å². The summed E-state index contributed by atoms with van der Waals surface area (Å²) in [5, 5.41) is -2.88. The van der Waals surface area contributed by atoms with E-state index in [0.717, 1.165) is 26.2 Å². The predicted molar refractivity (Wildman–Crippen MR) is 77.0 cm³/mol. The Bertz CT molecular complexity index is 560. The number of hydrogen-bond donors (Lipinski definition) is 1. The first-order valence-electron chi connectivity index (χ1n) is 5.78. The Morgan fingerprint density at radius 1 is 1.29 bits per heavy atom. The summed E-state index contributed by atoms with van der Waals surface area (Å²) in [6, 6.07) is 0. The second-order valence-corrected chi connectivity index (χ2v) is 7.93. The quantitative estimate of drug-likeness (QED) is 0.329. The Kier molecular flexibility index (Phi) is 4.11. The molecule has 1 aliphatic rings. The summed E-state index contributed by atoms with van der Waals surface area (Å²) in [6.07, 6.45) is 2.54. The molecular weight excluding hydrogens is 335 g/mol. The zero-order chi connectivity index (χ0) is 16.7. The van der Waals surface area contributed by atoms with E-state index in [1.165, 1.54) is 6.92 Å². The highest BCUT2D eigenvalue weighted by Gasteiger charge is 2.70. The molecule has 2 atom stereocenters. The lowest BCUT2D eigenvalue weighted by atomic mass is 9.92. The van der Waals surface area contributed by atoms with Crippen molar-refractivity contribution in [3.05, 3.63) is 34.3 Å². The standard InChI is InChI=1S/C12H15F5O2S2/c1-7-4-8(2)11(21(13,14,15,16)17)6-9(7)5-10(20)12(18)19-3/h4-6,8,11,20H,1-3H3/b10-5-. The monoisotopic (exact) mass is 350 g/mol. The average Bonchev–Trinajstić information content (AvgIpc) is 2.27. The first kappa shape index (κ1) is 18.1. The molecule has 1 rings (SSSR count). The molecule has 2 nitrogen and oxygen atoms in total. The molecule has 0 bridgehead atoms. The van der Waals surface area contributed by atoms with Crippen molar-refractivity contribution in [1.29, 1.82) is 0 Å². The molecule has 0 aromatic heterocycles. The van der Waals surface area contributed by atoms with E-state index in [-0.39, 0.29) is 10.5 Å². The highest BCUT2D eigenvalue weighted by molar-refractivity contribution is 8.46. The fraction of sp³-hybridized carbons (Fsp3) is 0.417. The van der Waals surface area contributed by atoms with Gasteiger partial charge >= 0.3 is 5.97 Å². The smallest absolute Gasteiger partial charge is 0.344 e. The first-order chi connectivity index (χ1) is 9.15. The van der Waals surface area contributed by atoms with E-state index in [2.05, 4.69) is 17.4 Å². The minimum absolute atomic E-state index is 0.123. The zero-order valence-electron chi connectivity index (χ0n) is 11.4. The molecule has 0 N–H and O–H groups in total. The normalized spacial score (nSPS) is 27.2. The number of ether oxygens (including phenoxy) is 1. The molecule has 2 unspecified atom stereocenters. The lowest BCUT2D eigenvalue weighted by molar-refractivity contribution is -0.135. The predicted octanol–water partition coefficient (Wildman–Crippen LogP) is 5.16. The third kappa shape index (κ3) is 4.50. The van der Waals surface area contributed by atoms with E-state index in [4.69, 9.17) is 0 Å². The summed E-state index contributed by atoms with van der Waals surface area (Å²) in [6.45, 7) is 2.55. The lowest BCUT2D eigenvalue weighted by Crippen LogP contribution is -2.31. The van der Waals surface area contributed by atoms with Gasteiger partial charge in [-0.25, -0.2) is 4.79 Å². The van der Waals surface area contributed by atoms with Gasteiger partial charge in [0, 0.05) is 0 Å². The van der Waals surface area contributed by atoms with Crippen LogP contribution in [0.25, 0.3) is 0 Å². The topological polar surface area (TPSA) is 26.3 Å². The van der Waals surface area contributed by atoms with Crippen LogP contribution in [0.15, 0.2) is 34.3 Å². The number of esters is 1. The maximum Gasteiger partial charge on any atom is 0.344 e. The molecule has 0 aliphatic heterocycles. The molecule has 21 heavy (non-hydrogen) atoms. The lowest BCUT2D eigenvalue weighted by Gasteiger charge is -2.49. The van der Waals surface area contributed by atoms with Gasteiger partial charge in [-0.2, -0.15) is 0 Å². The minimum atomic E-state index is -9.68. The van der Waals surface area contributed by atoms with Crippen LogP contribution in [-0.2, 0) is 9.53 Å². The first-order valence-corrected chi connectivity index (χ1v) is 8.24. The molecule has 0 fully saturated rings. The SMILES string of the molecule is COC(=O)/C(S)=C/C1=CC(S(F)(F)(F)(F)F)C(C)C=C1C. The number of hydrogen-bond acceptors (Lipinski definition) is 3. The maximum atomic E-state index is 13.0. The van der Waals surface area contributed by atoms with Gasteiger partial charge in [0.05, 0.1) is 12.0 Å². The highest BCUT2D eigenvalue weighted by atomic mass is 32.5. The van der Waals surface area contributed by atoms with Crippen LogP contribution in [0.5, 0.6) is 0 Å². The molecule has 1 aliphatic carbocycles. The number of allylic oxidation sites excluding steroid dienone is 4. The summed E-state index contributed by atoms with van der Waals surface area (Å²) in [7, 11) is -8.61. The van der Waals surface area contributed by atoms with Gasteiger partial charge in [0.2, 0.25) is 0 Å². The fourth-order valence-electron chi connectivity index (χ4n) is 2.05. The van der Waals surface area contributed by atoms with Gasteiger partial charge < -0.3 is 4.74 Å². The number of rotatable bonds is 3. The van der Waals surface area contributed by atoms with E-state index >= 15 is 0 Å². The number of carbonyl (C=O) groups is 1. The van der Waals surface area contributed by atoms with Crippen molar-refractivity contribution in [2.75, 3.05) is 7.11 Å². The molecule has 0 heterocycles. The second kappa shape index (κ2) is 4.77. The molecule has 0 aromatic carbocycles. The largest absolute Gasteiger partial charge is 0.465 e. The third-order valence-corrected chi connectivity index (χ3v) is 4.94. The number of halogens is 5. The van der Waals surface area contributed by atoms with Gasteiger partial charge in [0.25, 0.3) is 10.2 Å². The Morgan fingerprint density at radius 2 is 1.81 bits per heavy atom. The van der Waals surface area contributed by atoms with Crippen LogP contribution >= 0.6 is 22.9 Å². The van der Waals surface area contributed by atoms with Gasteiger partial charge in [-0.1, -0.05) is 38.5 Å². The molecule has 0 aromatic rings. The number of thiol groups is 1. The summed E-state index contributed by atoms with van der Waals surface area (Å²) in [5.41, 5.74) is 0.234. The second-order valence-electron chi connectivity index (χ2n) is 4.85. The maximum absolute atomic E-state index is 13.0. The molecule has 0 spiro atoms. The molecule has 0 amide bonds. The van der Waals surface area contributed by atoms with Crippen molar-refractivity contribution in [2.24, 2.45) is 5.92 Å². The van der Waals surface area contributed by atoms with Gasteiger partial charge in [0.1, 0.15) is 5.25 Å². The van der Waals surface area contributed by atoms with Crippen molar-refractivity contribution in [3.8, 4) is 0 Å². The van der Waals surface area contributed by atoms with E-state index in [0.29, 0.717) is 11.6 Å². The van der Waals surface area contributed by atoms with Crippen LogP contribution in [0.1, 0.15) is 13.8 Å². The van der Waals surface area contributed by atoms with Gasteiger partial charge in [-0.15, -0.1) is 12.6 Å². The summed E-state index contributed by atoms with van der Waals surface area (Å²) >= 11 is 3.78. The van der Waals surface area contributed by atoms with Crippen molar-refractivity contribution >= 4 is 28.8 Å². The Morgan fingerprint density at radius 3 is 2.24 bits per heavy atom. The molecule has 9 heteroatoms. The summed E-state index contributed by atoms with van der Waals surface area (Å²) in [5.74, 6) is -2.25. The molecule has 0 saturated heterocycles. The highest BCUT2D eigenvalue weighted by Crippen LogP contribution is 3.01. The number of methoxy groups -OCH3 is 1. The van der Waals surface area contributed by atoms with E-state index in [9.17, 15) is 24.2 Å². The van der Waals surface area contributed by atoms with Gasteiger partial charge in [0.15, 0.2) is 0 Å². The molecule has 0 saturated carbocycles. The van der Waals surface area contributed by atoms with Crippen molar-refractivity contribution < 1.29 is 29.0 Å². The molecule has 122 valence electrons. The van der Waals surface area contributed by atoms with Crippen LogP contribution in [0, 0.1) is 5.92 Å². The van der Waals surface area contributed by atoms with Gasteiger partial charge in [-0.05, 0) is 30.1 Å². The Balaban J connectivity index is 3.34. The van der Waals surface area contributed by atoms with E-state index < -0.39 is 27.4 Å². The fourth-order valence-corrected chi connectivity index (χ4v) is 3.58. The van der Waals surface area contributed by atoms with Crippen molar-refractivity contribution in [3.63, 3.8) is 0 Å². The Hall–Kier alpha value is -0.960. The van der Waals surface area contributed by atoms with Crippen molar-refractivity contribution in [1.82, 2.24) is 0 Å². The minimum Gasteiger partial charge on any atom is -0.465 e. The van der Waals surface area contributed by atoms with Gasteiger partial charge in [-0.3, -0.25) is 0 Å². The molecular formula is C12H15F5O2S2. The Labute approximate surface area is 124 Å².